The van der Waals surface area contributed by atoms with Crippen LogP contribution in [-0.2, 0) is 11.4 Å². The number of aryl methyl sites for hydroxylation is 2. The Kier molecular flexibility index (Phi) is 6.87. The van der Waals surface area contributed by atoms with E-state index in [1.165, 1.54) is 19.3 Å². The normalized spacial score (nSPS) is 23.2. The summed E-state index contributed by atoms with van der Waals surface area (Å²) in [7, 11) is 1.62. The van der Waals surface area contributed by atoms with Crippen molar-refractivity contribution in [2.24, 2.45) is 11.8 Å². The van der Waals surface area contributed by atoms with Crippen molar-refractivity contribution in [3.05, 3.63) is 46.9 Å². The Morgan fingerprint density at radius 1 is 1.22 bits per heavy atom. The van der Waals surface area contributed by atoms with Gasteiger partial charge < -0.3 is 18.9 Å². The van der Waals surface area contributed by atoms with Gasteiger partial charge in [0.15, 0.2) is 11.5 Å². The number of fused-ring (bicyclic) bond motifs is 1. The molecule has 1 saturated heterocycles. The molecule has 2 aliphatic rings. The van der Waals surface area contributed by atoms with Crippen LogP contribution in [-0.4, -0.2) is 35.7 Å². The van der Waals surface area contributed by atoms with Crippen molar-refractivity contribution in [2.75, 3.05) is 13.7 Å². The topological polar surface area (TPSA) is 64.8 Å². The zero-order valence-corrected chi connectivity index (χ0v) is 19.6. The summed E-state index contributed by atoms with van der Waals surface area (Å²) in [6.45, 7) is 7.35. The van der Waals surface area contributed by atoms with Crippen LogP contribution in [0.5, 0.6) is 11.5 Å². The van der Waals surface area contributed by atoms with Gasteiger partial charge in [-0.15, -0.1) is 0 Å². The first-order chi connectivity index (χ1) is 15.5. The lowest BCUT2D eigenvalue weighted by Crippen LogP contribution is -2.51. The van der Waals surface area contributed by atoms with Gasteiger partial charge in [0.1, 0.15) is 12.4 Å². The molecule has 2 aromatic rings. The molecule has 0 N–H and O–H groups in total. The second-order valence-electron chi connectivity index (χ2n) is 9.15. The standard InChI is InChI=1S/C26H34N2O4/c1-17-13-14-28(23-8-6-5-7-21(17)23)26(29)12-10-20-9-11-24(25(15-20)30-4)31-16-22-18(2)27-32-19(22)3/h9-12,15,17,21,23H,5-8,13-14,16H2,1-4H3/b12-10+/t17-,21+,23+/m0/s1. The molecule has 0 spiro atoms. The molecule has 172 valence electrons. The summed E-state index contributed by atoms with van der Waals surface area (Å²) in [6, 6.07) is 6.12. The van der Waals surface area contributed by atoms with Crippen molar-refractivity contribution in [1.29, 1.82) is 0 Å². The van der Waals surface area contributed by atoms with Gasteiger partial charge in [-0.1, -0.05) is 31.0 Å². The van der Waals surface area contributed by atoms with Crippen LogP contribution in [0.3, 0.4) is 0 Å². The maximum atomic E-state index is 13.0. The summed E-state index contributed by atoms with van der Waals surface area (Å²) in [5.41, 5.74) is 2.68. The lowest BCUT2D eigenvalue weighted by Gasteiger charge is -2.47. The number of hydrogen-bond acceptors (Lipinski definition) is 5. The summed E-state index contributed by atoms with van der Waals surface area (Å²) in [4.78, 5) is 15.1. The third-order valence-electron chi connectivity index (χ3n) is 7.18. The van der Waals surface area contributed by atoms with E-state index < -0.39 is 0 Å². The maximum Gasteiger partial charge on any atom is 0.246 e. The third-order valence-corrected chi connectivity index (χ3v) is 7.18. The van der Waals surface area contributed by atoms with E-state index in [-0.39, 0.29) is 5.91 Å². The molecule has 1 aliphatic heterocycles. The Hall–Kier alpha value is -2.76. The zero-order chi connectivity index (χ0) is 22.7. The highest BCUT2D eigenvalue weighted by Gasteiger charge is 2.38. The highest BCUT2D eigenvalue weighted by Crippen LogP contribution is 2.39. The molecule has 1 saturated carbocycles. The Morgan fingerprint density at radius 2 is 2.03 bits per heavy atom. The molecule has 6 nitrogen and oxygen atoms in total. The lowest BCUT2D eigenvalue weighted by atomic mass is 9.72. The Bertz CT molecular complexity index is 961. The first kappa shape index (κ1) is 22.4. The number of aromatic nitrogens is 1. The molecule has 32 heavy (non-hydrogen) atoms. The molecule has 0 bridgehead atoms. The van der Waals surface area contributed by atoms with Gasteiger partial charge in [0.2, 0.25) is 5.91 Å². The summed E-state index contributed by atoms with van der Waals surface area (Å²) in [5, 5.41) is 3.96. The summed E-state index contributed by atoms with van der Waals surface area (Å²) in [6.07, 6.45) is 9.61. The Labute approximate surface area is 190 Å². The predicted molar refractivity (Wildman–Crippen MR) is 124 cm³/mol. The van der Waals surface area contributed by atoms with Gasteiger partial charge in [0, 0.05) is 18.7 Å². The highest BCUT2D eigenvalue weighted by atomic mass is 16.5. The number of carbonyl (C=O) groups is 1. The molecular weight excluding hydrogens is 404 g/mol. The molecule has 2 fully saturated rings. The number of rotatable bonds is 6. The zero-order valence-electron chi connectivity index (χ0n) is 19.6. The van der Waals surface area contributed by atoms with E-state index in [9.17, 15) is 4.79 Å². The number of hydrogen-bond donors (Lipinski definition) is 0. The fraction of sp³-hybridized carbons (Fsp3) is 0.538. The Balaban J connectivity index is 1.43. The second-order valence-corrected chi connectivity index (χ2v) is 9.15. The number of amides is 1. The fourth-order valence-electron chi connectivity index (χ4n) is 5.22. The molecule has 1 aromatic heterocycles. The van der Waals surface area contributed by atoms with Crippen LogP contribution in [0, 0.1) is 25.7 Å². The maximum absolute atomic E-state index is 13.0. The van der Waals surface area contributed by atoms with Gasteiger partial charge in [-0.25, -0.2) is 0 Å². The molecule has 3 atom stereocenters. The van der Waals surface area contributed by atoms with E-state index in [2.05, 4.69) is 17.0 Å². The van der Waals surface area contributed by atoms with Crippen LogP contribution in [0.4, 0.5) is 0 Å². The molecule has 1 amide bonds. The van der Waals surface area contributed by atoms with Gasteiger partial charge in [0.25, 0.3) is 0 Å². The molecule has 2 heterocycles. The highest BCUT2D eigenvalue weighted by molar-refractivity contribution is 5.92. The second kappa shape index (κ2) is 9.80. The van der Waals surface area contributed by atoms with Gasteiger partial charge in [-0.3, -0.25) is 4.79 Å². The number of benzene rings is 1. The summed E-state index contributed by atoms with van der Waals surface area (Å²) in [5.74, 6) is 3.52. The first-order valence-corrected chi connectivity index (χ1v) is 11.7. The minimum absolute atomic E-state index is 0.117. The number of likely N-dealkylation sites (tertiary alicyclic amines) is 1. The SMILES string of the molecule is COc1cc(/C=C/C(=O)N2CC[C@H](C)[C@H]3CCCC[C@H]32)ccc1OCc1c(C)noc1C. The molecular formula is C26H34N2O4. The Morgan fingerprint density at radius 3 is 2.78 bits per heavy atom. The van der Waals surface area contributed by atoms with Crippen molar-refractivity contribution in [3.8, 4) is 11.5 Å². The van der Waals surface area contributed by atoms with Crippen molar-refractivity contribution in [3.63, 3.8) is 0 Å². The van der Waals surface area contributed by atoms with Crippen LogP contribution < -0.4 is 9.47 Å². The number of nitrogens with zero attached hydrogens (tertiary/aromatic N) is 2. The monoisotopic (exact) mass is 438 g/mol. The minimum Gasteiger partial charge on any atom is -0.493 e. The lowest BCUT2D eigenvalue weighted by molar-refractivity contribution is -0.133. The smallest absolute Gasteiger partial charge is 0.246 e. The number of carbonyl (C=O) groups excluding carboxylic acids is 1. The molecule has 4 rings (SSSR count). The molecule has 6 heteroatoms. The van der Waals surface area contributed by atoms with E-state index in [1.54, 1.807) is 13.2 Å². The van der Waals surface area contributed by atoms with E-state index >= 15 is 0 Å². The minimum atomic E-state index is 0.117. The van der Waals surface area contributed by atoms with E-state index in [0.29, 0.717) is 30.1 Å². The average molecular weight is 439 g/mol. The van der Waals surface area contributed by atoms with Crippen molar-refractivity contribution < 1.29 is 18.8 Å². The van der Waals surface area contributed by atoms with E-state index in [4.69, 9.17) is 14.0 Å². The van der Waals surface area contributed by atoms with Gasteiger partial charge in [0.05, 0.1) is 18.4 Å². The number of ether oxygens (including phenoxy) is 2. The van der Waals surface area contributed by atoms with E-state index in [1.807, 2.05) is 38.1 Å². The number of methoxy groups -OCH3 is 1. The fourth-order valence-corrected chi connectivity index (χ4v) is 5.22. The molecule has 0 radical (unpaired) electrons. The van der Waals surface area contributed by atoms with E-state index in [0.717, 1.165) is 47.9 Å². The first-order valence-electron chi connectivity index (χ1n) is 11.7. The molecule has 1 aliphatic carbocycles. The average Bonchev–Trinajstić information content (AvgIpc) is 3.13. The van der Waals surface area contributed by atoms with Crippen molar-refractivity contribution >= 4 is 12.0 Å². The van der Waals surface area contributed by atoms with Crippen LogP contribution in [0.1, 0.15) is 61.6 Å². The third kappa shape index (κ3) is 4.69. The summed E-state index contributed by atoms with van der Waals surface area (Å²) < 4.78 is 16.7. The van der Waals surface area contributed by atoms with Crippen LogP contribution in [0.25, 0.3) is 6.08 Å². The largest absolute Gasteiger partial charge is 0.493 e. The number of piperidine rings is 1. The van der Waals surface area contributed by atoms with Crippen LogP contribution in [0.2, 0.25) is 0 Å². The van der Waals surface area contributed by atoms with Crippen molar-refractivity contribution in [1.82, 2.24) is 10.1 Å². The molecule has 1 aromatic carbocycles. The predicted octanol–water partition coefficient (Wildman–Crippen LogP) is 5.32. The van der Waals surface area contributed by atoms with Gasteiger partial charge in [-0.2, -0.15) is 0 Å². The van der Waals surface area contributed by atoms with Gasteiger partial charge >= 0.3 is 0 Å². The van der Waals surface area contributed by atoms with Crippen molar-refractivity contribution in [2.45, 2.75) is 65.5 Å². The van der Waals surface area contributed by atoms with Crippen LogP contribution >= 0.6 is 0 Å². The van der Waals surface area contributed by atoms with Crippen LogP contribution in [0.15, 0.2) is 28.8 Å². The summed E-state index contributed by atoms with van der Waals surface area (Å²) >= 11 is 0. The van der Waals surface area contributed by atoms with Gasteiger partial charge in [-0.05, 0) is 68.7 Å². The quantitative estimate of drug-likeness (QED) is 0.571. The molecule has 0 unspecified atom stereocenters.